The quantitative estimate of drug-likeness (QED) is 0.348. The summed E-state index contributed by atoms with van der Waals surface area (Å²) in [5.74, 6) is -0.195. The number of nitrogens with one attached hydrogen (secondary N) is 1. The molecule has 0 radical (unpaired) electrons. The maximum absolute atomic E-state index is 13.2. The Morgan fingerprint density at radius 3 is 2.44 bits per heavy atom. The highest BCUT2D eigenvalue weighted by molar-refractivity contribution is 7.89. The molecule has 1 amide bonds. The minimum absolute atomic E-state index is 0.195. The zero-order valence-electron chi connectivity index (χ0n) is 23.5. The molecule has 0 spiro atoms. The van der Waals surface area contributed by atoms with Crippen LogP contribution in [0.15, 0.2) is 65.6 Å². The number of benzene rings is 3. The van der Waals surface area contributed by atoms with Crippen molar-refractivity contribution in [3.63, 3.8) is 0 Å². The lowest BCUT2D eigenvalue weighted by molar-refractivity contribution is 0.0947. The Bertz CT molecular complexity index is 1680. The summed E-state index contributed by atoms with van der Waals surface area (Å²) in [4.78, 5) is 22.6. The highest BCUT2D eigenvalue weighted by Gasteiger charge is 2.28. The zero-order valence-corrected chi connectivity index (χ0v) is 25.1. The second-order valence-electron chi connectivity index (χ2n) is 10.9. The van der Waals surface area contributed by atoms with Crippen LogP contribution in [-0.4, -0.2) is 74.3 Å². The third-order valence-electron chi connectivity index (χ3n) is 8.02. The Morgan fingerprint density at radius 2 is 1.68 bits per heavy atom. The molecular formula is C31H35N5O3S2. The van der Waals surface area contributed by atoms with Gasteiger partial charge in [-0.25, -0.2) is 13.4 Å². The predicted molar refractivity (Wildman–Crippen MR) is 164 cm³/mol. The van der Waals surface area contributed by atoms with Crippen LogP contribution in [0, 0.1) is 13.8 Å². The number of hydrogen-bond acceptors (Lipinski definition) is 7. The zero-order chi connectivity index (χ0) is 28.6. The van der Waals surface area contributed by atoms with Crippen molar-refractivity contribution in [2.75, 3.05) is 50.7 Å². The van der Waals surface area contributed by atoms with Crippen molar-refractivity contribution in [1.82, 2.24) is 19.5 Å². The minimum Gasteiger partial charge on any atom is -0.351 e. The summed E-state index contributed by atoms with van der Waals surface area (Å²) in [5.41, 5.74) is 6.29. The Labute approximate surface area is 245 Å². The van der Waals surface area contributed by atoms with Crippen LogP contribution in [0.25, 0.3) is 10.2 Å². The molecule has 6 rings (SSSR count). The van der Waals surface area contributed by atoms with E-state index in [0.717, 1.165) is 48.9 Å². The van der Waals surface area contributed by atoms with Crippen molar-refractivity contribution in [2.45, 2.75) is 31.7 Å². The summed E-state index contributed by atoms with van der Waals surface area (Å²) in [6.07, 6.45) is 0.701. The number of rotatable bonds is 7. The van der Waals surface area contributed by atoms with E-state index in [9.17, 15) is 13.2 Å². The van der Waals surface area contributed by atoms with Crippen LogP contribution in [0.4, 0.5) is 5.13 Å². The van der Waals surface area contributed by atoms with Gasteiger partial charge in [-0.05, 0) is 72.9 Å². The maximum atomic E-state index is 13.2. The molecule has 1 N–H and O–H groups in total. The molecule has 214 valence electrons. The first kappa shape index (κ1) is 27.8. The monoisotopic (exact) mass is 589 g/mol. The molecule has 2 aliphatic rings. The average Bonchev–Trinajstić information content (AvgIpc) is 3.42. The third-order valence-corrected chi connectivity index (χ3v) is 10.9. The van der Waals surface area contributed by atoms with Gasteiger partial charge in [-0.1, -0.05) is 41.7 Å². The second kappa shape index (κ2) is 11.5. The van der Waals surface area contributed by atoms with Gasteiger partial charge in [0.2, 0.25) is 10.0 Å². The summed E-state index contributed by atoms with van der Waals surface area (Å²) >= 11 is 1.76. The fourth-order valence-corrected chi connectivity index (χ4v) is 8.30. The molecular weight excluding hydrogens is 555 g/mol. The Kier molecular flexibility index (Phi) is 7.82. The Morgan fingerprint density at radius 1 is 0.951 bits per heavy atom. The van der Waals surface area contributed by atoms with Gasteiger partial charge >= 0.3 is 0 Å². The molecule has 0 saturated carbocycles. The van der Waals surface area contributed by atoms with Crippen LogP contribution in [0.1, 0.15) is 32.6 Å². The molecule has 0 bridgehead atoms. The van der Waals surface area contributed by atoms with E-state index in [2.05, 4.69) is 47.2 Å². The van der Waals surface area contributed by atoms with Crippen molar-refractivity contribution in [1.29, 1.82) is 0 Å². The number of piperazine rings is 1. The normalized spacial score (nSPS) is 16.6. The van der Waals surface area contributed by atoms with Crippen molar-refractivity contribution in [2.24, 2.45) is 0 Å². The van der Waals surface area contributed by atoms with Crippen molar-refractivity contribution in [3.05, 3.63) is 88.5 Å². The number of thiazole rings is 1. The number of anilines is 1. The highest BCUT2D eigenvalue weighted by Crippen LogP contribution is 2.32. The highest BCUT2D eigenvalue weighted by atomic mass is 32.2. The average molecular weight is 590 g/mol. The molecule has 10 heteroatoms. The number of fused-ring (bicyclic) bond motifs is 2. The van der Waals surface area contributed by atoms with Crippen molar-refractivity contribution in [3.8, 4) is 0 Å². The van der Waals surface area contributed by atoms with E-state index >= 15 is 0 Å². The van der Waals surface area contributed by atoms with Gasteiger partial charge in [-0.3, -0.25) is 9.69 Å². The van der Waals surface area contributed by atoms with Gasteiger partial charge < -0.3 is 10.2 Å². The molecule has 41 heavy (non-hydrogen) atoms. The van der Waals surface area contributed by atoms with Gasteiger partial charge in [0.1, 0.15) is 0 Å². The predicted octanol–water partition coefficient (Wildman–Crippen LogP) is 4.21. The van der Waals surface area contributed by atoms with E-state index in [-0.39, 0.29) is 10.8 Å². The van der Waals surface area contributed by atoms with Crippen LogP contribution in [-0.2, 0) is 23.0 Å². The first-order valence-corrected chi connectivity index (χ1v) is 16.3. The van der Waals surface area contributed by atoms with E-state index in [1.807, 2.05) is 18.2 Å². The Hall–Kier alpha value is -3.31. The number of nitrogens with zero attached hydrogens (tertiary/aromatic N) is 4. The summed E-state index contributed by atoms with van der Waals surface area (Å²) < 4.78 is 29.2. The number of amides is 1. The molecule has 2 aliphatic heterocycles. The number of aryl methyl sites for hydroxylation is 2. The molecule has 0 aliphatic carbocycles. The third kappa shape index (κ3) is 5.88. The Balaban J connectivity index is 0.982. The smallest absolute Gasteiger partial charge is 0.251 e. The van der Waals surface area contributed by atoms with Crippen molar-refractivity contribution >= 4 is 42.6 Å². The molecule has 4 aromatic rings. The maximum Gasteiger partial charge on any atom is 0.251 e. The van der Waals surface area contributed by atoms with Crippen LogP contribution >= 0.6 is 11.3 Å². The molecule has 0 atom stereocenters. The van der Waals surface area contributed by atoms with E-state index in [0.29, 0.717) is 31.6 Å². The molecule has 8 nitrogen and oxygen atoms in total. The summed E-state index contributed by atoms with van der Waals surface area (Å²) in [6, 6.07) is 18.6. The first-order valence-electron chi connectivity index (χ1n) is 14.1. The molecule has 1 saturated heterocycles. The molecule has 0 unspecified atom stereocenters. The molecule has 1 aromatic heterocycles. The van der Waals surface area contributed by atoms with Gasteiger partial charge in [0.15, 0.2) is 5.13 Å². The van der Waals surface area contributed by atoms with Crippen molar-refractivity contribution < 1.29 is 13.2 Å². The summed E-state index contributed by atoms with van der Waals surface area (Å²) in [6.45, 7) is 10.0. The van der Waals surface area contributed by atoms with Crippen LogP contribution in [0.2, 0.25) is 0 Å². The van der Waals surface area contributed by atoms with Gasteiger partial charge in [-0.2, -0.15) is 4.31 Å². The van der Waals surface area contributed by atoms with Gasteiger partial charge in [0, 0.05) is 57.9 Å². The molecule has 3 aromatic carbocycles. The fourth-order valence-electron chi connectivity index (χ4n) is 5.69. The topological polar surface area (TPSA) is 85.9 Å². The second-order valence-corrected chi connectivity index (χ2v) is 13.8. The molecule has 1 fully saturated rings. The number of carbonyl (C=O) groups is 1. The van der Waals surface area contributed by atoms with Gasteiger partial charge in [0.05, 0.1) is 15.1 Å². The van der Waals surface area contributed by atoms with Gasteiger partial charge in [0.25, 0.3) is 5.91 Å². The molecule has 3 heterocycles. The lowest BCUT2D eigenvalue weighted by Gasteiger charge is -2.34. The number of aromatic nitrogens is 1. The lowest BCUT2D eigenvalue weighted by Crippen LogP contribution is -2.48. The number of carbonyl (C=O) groups excluding carboxylic acids is 1. The van der Waals surface area contributed by atoms with Crippen LogP contribution in [0.3, 0.4) is 0 Å². The van der Waals surface area contributed by atoms with Crippen LogP contribution in [0.5, 0.6) is 0 Å². The van der Waals surface area contributed by atoms with E-state index in [4.69, 9.17) is 4.98 Å². The van der Waals surface area contributed by atoms with E-state index in [1.54, 1.807) is 23.5 Å². The van der Waals surface area contributed by atoms with E-state index in [1.165, 1.54) is 37.8 Å². The first-order chi connectivity index (χ1) is 19.8. The summed E-state index contributed by atoms with van der Waals surface area (Å²) in [5, 5.41) is 4.07. The largest absolute Gasteiger partial charge is 0.351 e. The fraction of sp³-hybridized carbons (Fsp3) is 0.355. The number of sulfonamides is 1. The standard InChI is InChI=1S/C31H35N5O3S2/c1-22-19-23(2)29-28(20-22)40-31(33-29)35-17-15-34(16-18-35)14-12-32-30(37)25-7-9-27(10-8-25)41(38,39)36-13-11-24-5-3-4-6-26(24)21-36/h3-10,19-20H,11-18,21H2,1-2H3,(H,32,37). The van der Waals surface area contributed by atoms with Crippen LogP contribution < -0.4 is 10.2 Å². The SMILES string of the molecule is Cc1cc(C)c2nc(N3CCN(CCNC(=O)c4ccc(S(=O)(=O)N5CCc6ccccc6C5)cc4)CC3)sc2c1. The van der Waals surface area contributed by atoms with E-state index < -0.39 is 10.0 Å². The van der Waals surface area contributed by atoms with Gasteiger partial charge in [-0.15, -0.1) is 0 Å². The number of hydrogen-bond donors (Lipinski definition) is 1. The summed E-state index contributed by atoms with van der Waals surface area (Å²) in [7, 11) is -3.63. The minimum atomic E-state index is -3.63. The lowest BCUT2D eigenvalue weighted by atomic mass is 10.0.